The Hall–Kier alpha value is -1.10. The van der Waals surface area contributed by atoms with Crippen LogP contribution < -0.4 is 16.8 Å². The summed E-state index contributed by atoms with van der Waals surface area (Å²) >= 11 is 0. The van der Waals surface area contributed by atoms with E-state index in [4.69, 9.17) is 16.9 Å². The topological polar surface area (TPSA) is 105 Å². The molecule has 0 bridgehead atoms. The molecule has 0 radical (unpaired) electrons. The highest BCUT2D eigenvalue weighted by atomic mass is 16.1. The van der Waals surface area contributed by atoms with E-state index < -0.39 is 6.04 Å². The van der Waals surface area contributed by atoms with Gasteiger partial charge in [-0.2, -0.15) is 0 Å². The number of carbonyl (C=O) groups is 1. The highest BCUT2D eigenvalue weighted by Crippen LogP contribution is 1.64. The first-order valence-electron chi connectivity index (χ1n) is 2.45. The lowest BCUT2D eigenvalue weighted by atomic mass is 10.3. The lowest BCUT2D eigenvalue weighted by Gasteiger charge is -2.03. The normalized spacial score (nSPS) is 12.1. The first-order valence-corrected chi connectivity index (χ1v) is 2.45. The Morgan fingerprint density at radius 1 is 1.89 bits per heavy atom. The number of guanidine groups is 1. The predicted octanol–water partition coefficient (Wildman–Crippen LogP) is -2.00. The van der Waals surface area contributed by atoms with Crippen LogP contribution in [0.1, 0.15) is 0 Å². The number of rotatable bonds is 3. The molecule has 6 N–H and O–H groups in total. The molecular weight excluding hydrogens is 120 g/mol. The summed E-state index contributed by atoms with van der Waals surface area (Å²) < 4.78 is 0. The molecule has 9 heavy (non-hydrogen) atoms. The molecule has 0 saturated heterocycles. The van der Waals surface area contributed by atoms with Crippen molar-refractivity contribution < 1.29 is 4.79 Å². The SMILES string of the molecule is N=C(N)NC[C@H](N)C=O. The van der Waals surface area contributed by atoms with Crippen LogP contribution in [0.25, 0.3) is 0 Å². The minimum atomic E-state index is -0.575. The zero-order valence-electron chi connectivity index (χ0n) is 4.92. The fourth-order valence-corrected chi connectivity index (χ4v) is 0.276. The van der Waals surface area contributed by atoms with Gasteiger partial charge in [-0.3, -0.25) is 5.41 Å². The van der Waals surface area contributed by atoms with Crippen molar-refractivity contribution in [3.8, 4) is 0 Å². The molecule has 0 aliphatic heterocycles. The second-order valence-corrected chi connectivity index (χ2v) is 1.59. The maximum absolute atomic E-state index is 9.84. The van der Waals surface area contributed by atoms with Crippen LogP contribution >= 0.6 is 0 Å². The van der Waals surface area contributed by atoms with Crippen LogP contribution in [0.15, 0.2) is 0 Å². The second kappa shape index (κ2) is 3.85. The molecule has 0 aromatic rings. The summed E-state index contributed by atoms with van der Waals surface area (Å²) in [6.07, 6.45) is 0.593. The van der Waals surface area contributed by atoms with E-state index in [1.54, 1.807) is 0 Å². The van der Waals surface area contributed by atoms with E-state index in [0.717, 1.165) is 0 Å². The Balaban J connectivity index is 3.26. The van der Waals surface area contributed by atoms with E-state index in [2.05, 4.69) is 5.32 Å². The Morgan fingerprint density at radius 2 is 2.44 bits per heavy atom. The van der Waals surface area contributed by atoms with Gasteiger partial charge in [-0.05, 0) is 0 Å². The molecule has 1 atom stereocenters. The Labute approximate surface area is 52.9 Å². The molecule has 0 saturated carbocycles. The van der Waals surface area contributed by atoms with Gasteiger partial charge in [0.05, 0.1) is 6.04 Å². The van der Waals surface area contributed by atoms with Gasteiger partial charge in [0.2, 0.25) is 0 Å². The van der Waals surface area contributed by atoms with Gasteiger partial charge in [0.15, 0.2) is 5.96 Å². The molecular formula is C4H10N4O. The van der Waals surface area contributed by atoms with E-state index in [-0.39, 0.29) is 12.5 Å². The minimum absolute atomic E-state index is 0.174. The molecule has 0 amide bonds. The van der Waals surface area contributed by atoms with Crippen LogP contribution in [0.4, 0.5) is 0 Å². The van der Waals surface area contributed by atoms with Gasteiger partial charge >= 0.3 is 0 Å². The van der Waals surface area contributed by atoms with Crippen molar-refractivity contribution in [1.29, 1.82) is 5.41 Å². The summed E-state index contributed by atoms with van der Waals surface area (Å²) in [4.78, 5) is 9.84. The number of carbonyl (C=O) groups excluding carboxylic acids is 1. The summed E-state index contributed by atoms with van der Waals surface area (Å²) in [6, 6.07) is -0.575. The molecule has 0 aromatic carbocycles. The third-order valence-corrected chi connectivity index (χ3v) is 0.703. The number of nitrogens with one attached hydrogen (secondary N) is 2. The van der Waals surface area contributed by atoms with E-state index in [1.165, 1.54) is 0 Å². The molecule has 0 aromatic heterocycles. The minimum Gasteiger partial charge on any atom is -0.370 e. The number of hydrogen-bond donors (Lipinski definition) is 4. The van der Waals surface area contributed by atoms with Crippen molar-refractivity contribution >= 4 is 12.2 Å². The Morgan fingerprint density at radius 3 is 2.78 bits per heavy atom. The monoisotopic (exact) mass is 130 g/mol. The van der Waals surface area contributed by atoms with E-state index in [1.807, 2.05) is 0 Å². The molecule has 0 rings (SSSR count). The van der Waals surface area contributed by atoms with Crippen molar-refractivity contribution in [2.24, 2.45) is 11.5 Å². The summed E-state index contributed by atoms with van der Waals surface area (Å²) in [5.41, 5.74) is 10.0. The standard InChI is InChI=1S/C4H10N4O/c5-3(2-9)1-8-4(6)7/h2-3H,1,5H2,(H4,6,7,8)/t3-/m0/s1. The third kappa shape index (κ3) is 4.76. The number of hydrogen-bond acceptors (Lipinski definition) is 3. The van der Waals surface area contributed by atoms with Crippen LogP contribution in [0.5, 0.6) is 0 Å². The highest BCUT2D eigenvalue weighted by molar-refractivity contribution is 5.74. The number of aldehydes is 1. The Bertz CT molecular complexity index is 113. The van der Waals surface area contributed by atoms with Gasteiger partial charge in [-0.1, -0.05) is 0 Å². The van der Waals surface area contributed by atoms with Crippen LogP contribution in [0.3, 0.4) is 0 Å². The van der Waals surface area contributed by atoms with Gasteiger partial charge in [0.25, 0.3) is 0 Å². The van der Waals surface area contributed by atoms with Crippen LogP contribution in [-0.4, -0.2) is 24.8 Å². The first kappa shape index (κ1) is 7.90. The average molecular weight is 130 g/mol. The molecule has 0 aliphatic rings. The van der Waals surface area contributed by atoms with Crippen LogP contribution in [0.2, 0.25) is 0 Å². The third-order valence-electron chi connectivity index (χ3n) is 0.703. The molecule has 52 valence electrons. The zero-order chi connectivity index (χ0) is 7.28. The second-order valence-electron chi connectivity index (χ2n) is 1.59. The summed E-state index contributed by atoms with van der Waals surface area (Å²) in [6.45, 7) is 0.221. The molecule has 0 spiro atoms. The van der Waals surface area contributed by atoms with E-state index in [9.17, 15) is 4.79 Å². The highest BCUT2D eigenvalue weighted by Gasteiger charge is 1.96. The molecule has 0 unspecified atom stereocenters. The van der Waals surface area contributed by atoms with Crippen LogP contribution in [0, 0.1) is 5.41 Å². The molecule has 0 fully saturated rings. The summed E-state index contributed by atoms with van der Waals surface area (Å²) in [5.74, 6) is -0.174. The maximum Gasteiger partial charge on any atom is 0.185 e. The average Bonchev–Trinajstić information content (AvgIpc) is 1.83. The van der Waals surface area contributed by atoms with Gasteiger partial charge in [0, 0.05) is 6.54 Å². The Kier molecular flexibility index (Phi) is 3.38. The lowest BCUT2D eigenvalue weighted by molar-refractivity contribution is -0.108. The molecule has 0 aliphatic carbocycles. The van der Waals surface area contributed by atoms with Gasteiger partial charge in [0.1, 0.15) is 6.29 Å². The van der Waals surface area contributed by atoms with Crippen molar-refractivity contribution in [2.75, 3.05) is 6.54 Å². The van der Waals surface area contributed by atoms with Crippen molar-refractivity contribution in [3.63, 3.8) is 0 Å². The molecule has 0 heterocycles. The molecule has 5 nitrogen and oxygen atoms in total. The van der Waals surface area contributed by atoms with Gasteiger partial charge < -0.3 is 21.6 Å². The van der Waals surface area contributed by atoms with Crippen molar-refractivity contribution in [2.45, 2.75) is 6.04 Å². The quantitative estimate of drug-likeness (QED) is 0.201. The van der Waals surface area contributed by atoms with Gasteiger partial charge in [-0.15, -0.1) is 0 Å². The van der Waals surface area contributed by atoms with Crippen LogP contribution in [-0.2, 0) is 4.79 Å². The van der Waals surface area contributed by atoms with Gasteiger partial charge in [-0.25, -0.2) is 0 Å². The maximum atomic E-state index is 9.84. The predicted molar refractivity (Wildman–Crippen MR) is 34.0 cm³/mol. The molecule has 5 heteroatoms. The first-order chi connectivity index (χ1) is 4.16. The summed E-state index contributed by atoms with van der Waals surface area (Å²) in [7, 11) is 0. The smallest absolute Gasteiger partial charge is 0.185 e. The van der Waals surface area contributed by atoms with Crippen molar-refractivity contribution in [3.05, 3.63) is 0 Å². The van der Waals surface area contributed by atoms with E-state index in [0.29, 0.717) is 6.29 Å². The van der Waals surface area contributed by atoms with Crippen molar-refractivity contribution in [1.82, 2.24) is 5.32 Å². The van der Waals surface area contributed by atoms with E-state index >= 15 is 0 Å². The zero-order valence-corrected chi connectivity index (χ0v) is 4.92. The summed E-state index contributed by atoms with van der Waals surface area (Å²) in [5, 5.41) is 9.06. The largest absolute Gasteiger partial charge is 0.370 e. The fraction of sp³-hybridized carbons (Fsp3) is 0.500. The lowest BCUT2D eigenvalue weighted by Crippen LogP contribution is -2.40. The fourth-order valence-electron chi connectivity index (χ4n) is 0.276. The number of nitrogens with two attached hydrogens (primary N) is 2.